The van der Waals surface area contributed by atoms with E-state index in [9.17, 15) is 14.9 Å². The number of nitrogens with zero attached hydrogens (tertiary/aromatic N) is 2. The Morgan fingerprint density at radius 3 is 2.75 bits per heavy atom. The van der Waals surface area contributed by atoms with Gasteiger partial charge in [0.2, 0.25) is 0 Å². The number of esters is 1. The summed E-state index contributed by atoms with van der Waals surface area (Å²) in [4.78, 5) is 29.0. The van der Waals surface area contributed by atoms with Crippen LogP contribution in [0.15, 0.2) is 30.3 Å². The van der Waals surface area contributed by atoms with Crippen molar-refractivity contribution in [2.24, 2.45) is 5.41 Å². The van der Waals surface area contributed by atoms with E-state index in [0.29, 0.717) is 11.3 Å². The molecule has 1 N–H and O–H groups in total. The molecule has 0 bridgehead atoms. The second-order valence-corrected chi connectivity index (χ2v) is 8.78. The highest BCUT2D eigenvalue weighted by Gasteiger charge is 2.76. The fourth-order valence-corrected chi connectivity index (χ4v) is 5.80. The maximum atomic E-state index is 15.1. The second-order valence-electron chi connectivity index (χ2n) is 8.38. The number of hydrogen-bond acceptors (Lipinski definition) is 5. The van der Waals surface area contributed by atoms with E-state index < -0.39 is 34.6 Å². The number of likely N-dealkylation sites (tertiary alicyclic amines) is 1. The lowest BCUT2D eigenvalue weighted by atomic mass is 9.61. The van der Waals surface area contributed by atoms with Crippen molar-refractivity contribution in [1.29, 1.82) is 5.26 Å². The van der Waals surface area contributed by atoms with E-state index in [0.717, 1.165) is 11.1 Å². The number of aryl methyl sites for hydroxylation is 2. The third-order valence-electron chi connectivity index (χ3n) is 6.68. The van der Waals surface area contributed by atoms with Crippen LogP contribution in [-0.2, 0) is 19.9 Å². The first kappa shape index (κ1) is 22.3. The summed E-state index contributed by atoms with van der Waals surface area (Å²) in [5, 5.41) is 13.6. The summed E-state index contributed by atoms with van der Waals surface area (Å²) < 4.78 is 20.5. The highest BCUT2D eigenvalue weighted by Crippen LogP contribution is 2.63. The van der Waals surface area contributed by atoms with Gasteiger partial charge in [-0.25, -0.2) is 4.39 Å². The summed E-state index contributed by atoms with van der Waals surface area (Å²) in [6, 6.07) is 10.0. The summed E-state index contributed by atoms with van der Waals surface area (Å²) in [6.45, 7) is 5.40. The molecule has 2 aliphatic heterocycles. The zero-order valence-corrected chi connectivity index (χ0v) is 19.0. The van der Waals surface area contributed by atoms with Crippen molar-refractivity contribution in [3.05, 3.63) is 63.4 Å². The Hall–Kier alpha value is -2.95. The van der Waals surface area contributed by atoms with Crippen LogP contribution in [0, 0.1) is 36.4 Å². The van der Waals surface area contributed by atoms with Crippen LogP contribution in [0.5, 0.6) is 0 Å². The van der Waals surface area contributed by atoms with Crippen LogP contribution in [0.25, 0.3) is 0 Å². The first-order valence-corrected chi connectivity index (χ1v) is 10.7. The zero-order chi connectivity index (χ0) is 23.4. The SMILES string of the molecule is CCOC(=O)[C@]1(C#N)[C@@H](c2c(F)cccc2Cl)CN(C)[C@@]12C(=O)Nc1c(C)cc(C)cc12. The molecule has 2 heterocycles. The van der Waals surface area contributed by atoms with Crippen molar-refractivity contribution >= 4 is 29.2 Å². The lowest BCUT2D eigenvalue weighted by Crippen LogP contribution is -2.58. The minimum Gasteiger partial charge on any atom is -0.465 e. The standard InChI is InChI=1S/C24H23ClFN3O3/c1-5-32-22(31)23(12-27)16(19-17(25)7-6-8-18(19)26)11-29(4)24(23)15-10-13(2)9-14(3)20(15)28-21(24)30/h6-10,16H,5,11H2,1-4H3,(H,28,30)/t16-,23+,24+/m1/s1. The Morgan fingerprint density at radius 1 is 1.41 bits per heavy atom. The highest BCUT2D eigenvalue weighted by molar-refractivity contribution is 6.31. The van der Waals surface area contributed by atoms with Gasteiger partial charge >= 0.3 is 5.97 Å². The molecular weight excluding hydrogens is 433 g/mol. The number of hydrogen-bond donors (Lipinski definition) is 1. The third-order valence-corrected chi connectivity index (χ3v) is 7.01. The van der Waals surface area contributed by atoms with Gasteiger partial charge in [-0.1, -0.05) is 35.4 Å². The predicted molar refractivity (Wildman–Crippen MR) is 118 cm³/mol. The number of nitriles is 1. The number of carbonyl (C=O) groups excluding carboxylic acids is 2. The molecule has 4 rings (SSSR count). The van der Waals surface area contributed by atoms with Crippen LogP contribution in [-0.4, -0.2) is 37.0 Å². The van der Waals surface area contributed by atoms with Crippen LogP contribution in [0.1, 0.15) is 35.1 Å². The Labute approximate surface area is 190 Å². The van der Waals surface area contributed by atoms with E-state index in [-0.39, 0.29) is 23.7 Å². The van der Waals surface area contributed by atoms with Crippen LogP contribution < -0.4 is 5.32 Å². The molecule has 1 spiro atoms. The van der Waals surface area contributed by atoms with Gasteiger partial charge in [-0.05, 0) is 45.5 Å². The van der Waals surface area contributed by atoms with Crippen LogP contribution in [0.2, 0.25) is 5.02 Å². The average Bonchev–Trinajstić information content (AvgIpc) is 3.17. The highest BCUT2D eigenvalue weighted by atomic mass is 35.5. The van der Waals surface area contributed by atoms with E-state index in [2.05, 4.69) is 11.4 Å². The van der Waals surface area contributed by atoms with Gasteiger partial charge in [0.25, 0.3) is 5.91 Å². The molecule has 8 heteroatoms. The van der Waals surface area contributed by atoms with Gasteiger partial charge in [-0.3, -0.25) is 14.5 Å². The lowest BCUT2D eigenvalue weighted by molar-refractivity contribution is -0.161. The van der Waals surface area contributed by atoms with E-state index in [1.807, 2.05) is 19.9 Å². The number of halogens is 2. The minimum atomic E-state index is -2.07. The van der Waals surface area contributed by atoms with Crippen molar-refractivity contribution < 1.29 is 18.7 Å². The average molecular weight is 456 g/mol. The molecular formula is C24H23ClFN3O3. The summed E-state index contributed by atoms with van der Waals surface area (Å²) in [7, 11) is 1.66. The summed E-state index contributed by atoms with van der Waals surface area (Å²) in [6.07, 6.45) is 0. The number of amides is 1. The number of fused-ring (bicyclic) bond motifs is 2. The molecule has 0 saturated carbocycles. The van der Waals surface area contributed by atoms with Crippen LogP contribution >= 0.6 is 11.6 Å². The van der Waals surface area contributed by atoms with Crippen molar-refractivity contribution in [2.75, 3.05) is 25.5 Å². The summed E-state index contributed by atoms with van der Waals surface area (Å²) in [5.74, 6) is -3.08. The van der Waals surface area contributed by atoms with Gasteiger partial charge in [0.1, 0.15) is 5.82 Å². The molecule has 0 unspecified atom stereocenters. The van der Waals surface area contributed by atoms with Gasteiger partial charge in [-0.2, -0.15) is 5.26 Å². The summed E-state index contributed by atoms with van der Waals surface area (Å²) in [5.41, 5.74) is -1.02. The molecule has 3 atom stereocenters. The topological polar surface area (TPSA) is 82.4 Å². The Kier molecular flexibility index (Phi) is 5.27. The lowest BCUT2D eigenvalue weighted by Gasteiger charge is -2.40. The number of rotatable bonds is 3. The van der Waals surface area contributed by atoms with Gasteiger partial charge in [0, 0.05) is 34.3 Å². The predicted octanol–water partition coefficient (Wildman–Crippen LogP) is 4.05. The molecule has 1 amide bonds. The normalized spacial score (nSPS) is 26.7. The minimum absolute atomic E-state index is 0.00109. The largest absolute Gasteiger partial charge is 0.465 e. The van der Waals surface area contributed by atoms with Crippen LogP contribution in [0.4, 0.5) is 10.1 Å². The van der Waals surface area contributed by atoms with E-state index in [4.69, 9.17) is 16.3 Å². The van der Waals surface area contributed by atoms with E-state index in [1.54, 1.807) is 24.9 Å². The van der Waals surface area contributed by atoms with Crippen molar-refractivity contribution in [1.82, 2.24) is 4.90 Å². The molecule has 1 saturated heterocycles. The summed E-state index contributed by atoms with van der Waals surface area (Å²) >= 11 is 6.38. The number of benzene rings is 2. The molecule has 32 heavy (non-hydrogen) atoms. The molecule has 166 valence electrons. The quantitative estimate of drug-likeness (QED) is 0.706. The molecule has 0 radical (unpaired) electrons. The van der Waals surface area contributed by atoms with Gasteiger partial charge in [0.05, 0.1) is 12.7 Å². The molecule has 2 aliphatic rings. The first-order valence-electron chi connectivity index (χ1n) is 10.3. The number of carbonyl (C=O) groups is 2. The number of nitrogens with one attached hydrogen (secondary N) is 1. The molecule has 2 aromatic carbocycles. The maximum Gasteiger partial charge on any atom is 0.330 e. The van der Waals surface area contributed by atoms with Gasteiger partial charge in [0.15, 0.2) is 11.0 Å². The van der Waals surface area contributed by atoms with Crippen LogP contribution in [0.3, 0.4) is 0 Å². The van der Waals surface area contributed by atoms with Crippen molar-refractivity contribution in [3.8, 4) is 6.07 Å². The van der Waals surface area contributed by atoms with E-state index in [1.165, 1.54) is 18.2 Å². The fraction of sp³-hybridized carbons (Fsp3) is 0.375. The second kappa shape index (κ2) is 7.58. The molecule has 6 nitrogen and oxygen atoms in total. The smallest absolute Gasteiger partial charge is 0.330 e. The fourth-order valence-electron chi connectivity index (χ4n) is 5.51. The Bertz CT molecular complexity index is 1170. The van der Waals surface area contributed by atoms with Crippen molar-refractivity contribution in [2.45, 2.75) is 32.2 Å². The van der Waals surface area contributed by atoms with E-state index >= 15 is 4.39 Å². The number of likely N-dealkylation sites (N-methyl/N-ethyl adjacent to an activating group) is 1. The monoisotopic (exact) mass is 455 g/mol. The molecule has 0 aliphatic carbocycles. The van der Waals surface area contributed by atoms with Gasteiger partial charge < -0.3 is 10.1 Å². The maximum absolute atomic E-state index is 15.1. The zero-order valence-electron chi connectivity index (χ0n) is 18.3. The molecule has 2 aromatic rings. The molecule has 1 fully saturated rings. The number of ether oxygens (including phenoxy) is 1. The van der Waals surface area contributed by atoms with Crippen molar-refractivity contribution in [3.63, 3.8) is 0 Å². The first-order chi connectivity index (χ1) is 15.2. The van der Waals surface area contributed by atoms with Gasteiger partial charge in [-0.15, -0.1) is 0 Å². The Morgan fingerprint density at radius 2 is 2.12 bits per heavy atom. The Balaban J connectivity index is 2.12. The molecule has 0 aromatic heterocycles. The number of anilines is 1. The third kappa shape index (κ3) is 2.60.